The van der Waals surface area contributed by atoms with Gasteiger partial charge in [0.1, 0.15) is 17.4 Å². The predicted molar refractivity (Wildman–Crippen MR) is 89.9 cm³/mol. The molecule has 2 amide bonds. The minimum absolute atomic E-state index is 0.172. The second-order valence-corrected chi connectivity index (χ2v) is 5.07. The van der Waals surface area contributed by atoms with Crippen molar-refractivity contribution in [3.63, 3.8) is 0 Å². The molecule has 0 unspecified atom stereocenters. The van der Waals surface area contributed by atoms with E-state index in [4.69, 9.17) is 9.15 Å². The molecule has 0 radical (unpaired) electrons. The van der Waals surface area contributed by atoms with Gasteiger partial charge >= 0.3 is 12.0 Å². The summed E-state index contributed by atoms with van der Waals surface area (Å²) in [6.07, 6.45) is 0. The van der Waals surface area contributed by atoms with Crippen LogP contribution in [0.5, 0.6) is 5.75 Å². The summed E-state index contributed by atoms with van der Waals surface area (Å²) in [6, 6.07) is 8.77. The number of urea groups is 1. The topological polar surface area (TPSA) is 89.3 Å². The van der Waals surface area contributed by atoms with Crippen molar-refractivity contribution in [1.29, 1.82) is 0 Å². The number of amides is 2. The molecular formula is C17H14F2N4O3. The Hall–Kier alpha value is -3.49. The van der Waals surface area contributed by atoms with Crippen LogP contribution in [0.1, 0.15) is 6.92 Å². The van der Waals surface area contributed by atoms with Crippen molar-refractivity contribution in [3.8, 4) is 17.2 Å². The molecular weight excluding hydrogens is 346 g/mol. The third-order valence-corrected chi connectivity index (χ3v) is 3.24. The number of benzene rings is 2. The molecule has 1 heterocycles. The lowest BCUT2D eigenvalue weighted by Crippen LogP contribution is -2.20. The van der Waals surface area contributed by atoms with E-state index in [1.54, 1.807) is 24.3 Å². The van der Waals surface area contributed by atoms with Crippen LogP contribution in [0, 0.1) is 11.6 Å². The van der Waals surface area contributed by atoms with Crippen LogP contribution >= 0.6 is 0 Å². The first-order valence-corrected chi connectivity index (χ1v) is 7.65. The lowest BCUT2D eigenvalue weighted by molar-refractivity contribution is 0.261. The maximum absolute atomic E-state index is 13.5. The Labute approximate surface area is 147 Å². The summed E-state index contributed by atoms with van der Waals surface area (Å²) in [7, 11) is 0. The maximum Gasteiger partial charge on any atom is 0.327 e. The van der Waals surface area contributed by atoms with Gasteiger partial charge in [0, 0.05) is 11.6 Å². The van der Waals surface area contributed by atoms with Gasteiger partial charge in [0.2, 0.25) is 5.89 Å². The molecule has 0 spiro atoms. The molecule has 0 bridgehead atoms. The molecule has 2 N–H and O–H groups in total. The van der Waals surface area contributed by atoms with Crippen LogP contribution in [0.4, 0.5) is 25.3 Å². The Kier molecular flexibility index (Phi) is 5.07. The van der Waals surface area contributed by atoms with E-state index in [1.807, 2.05) is 6.92 Å². The van der Waals surface area contributed by atoms with E-state index in [9.17, 15) is 13.6 Å². The molecule has 0 fully saturated rings. The molecule has 0 saturated heterocycles. The smallest absolute Gasteiger partial charge is 0.327 e. The van der Waals surface area contributed by atoms with Crippen LogP contribution in [0.2, 0.25) is 0 Å². The second-order valence-electron chi connectivity index (χ2n) is 5.07. The number of aromatic nitrogens is 2. The summed E-state index contributed by atoms with van der Waals surface area (Å²) in [5.41, 5.74) is 0.453. The van der Waals surface area contributed by atoms with E-state index in [1.165, 1.54) is 0 Å². The van der Waals surface area contributed by atoms with Crippen LogP contribution in [0.3, 0.4) is 0 Å². The van der Waals surface area contributed by atoms with Gasteiger partial charge in [-0.25, -0.2) is 13.6 Å². The van der Waals surface area contributed by atoms with Crippen molar-refractivity contribution in [2.75, 3.05) is 17.2 Å². The Morgan fingerprint density at radius 3 is 2.58 bits per heavy atom. The zero-order valence-electron chi connectivity index (χ0n) is 13.6. The van der Waals surface area contributed by atoms with E-state index >= 15 is 0 Å². The number of hydrogen-bond donors (Lipinski definition) is 2. The molecule has 0 aliphatic rings. The lowest BCUT2D eigenvalue weighted by Gasteiger charge is -2.05. The standard InChI is InChI=1S/C17H14F2N4O3/c1-2-25-12-6-3-10(4-7-12)15-22-23-17(26-15)21-16(24)20-14-8-5-11(18)9-13(14)19/h3-9H,2H2,1H3,(H2,20,21,23,24). The highest BCUT2D eigenvalue weighted by atomic mass is 19.1. The highest BCUT2D eigenvalue weighted by molar-refractivity contribution is 5.98. The van der Waals surface area contributed by atoms with Gasteiger partial charge in [-0.3, -0.25) is 5.32 Å². The predicted octanol–water partition coefficient (Wildman–Crippen LogP) is 4.06. The molecule has 134 valence electrons. The molecule has 2 aromatic carbocycles. The first-order valence-electron chi connectivity index (χ1n) is 7.65. The SMILES string of the molecule is CCOc1ccc(-c2nnc(NC(=O)Nc3ccc(F)cc3F)o2)cc1. The van der Waals surface area contributed by atoms with Gasteiger partial charge in [0.05, 0.1) is 12.3 Å². The number of carbonyl (C=O) groups excluding carboxylic acids is 1. The minimum atomic E-state index is -0.902. The van der Waals surface area contributed by atoms with Crippen molar-refractivity contribution in [1.82, 2.24) is 10.2 Å². The van der Waals surface area contributed by atoms with Crippen molar-refractivity contribution in [3.05, 3.63) is 54.1 Å². The van der Waals surface area contributed by atoms with E-state index in [2.05, 4.69) is 20.8 Å². The molecule has 7 nitrogen and oxygen atoms in total. The van der Waals surface area contributed by atoms with Gasteiger partial charge in [-0.2, -0.15) is 0 Å². The average molecular weight is 360 g/mol. The zero-order chi connectivity index (χ0) is 18.5. The van der Waals surface area contributed by atoms with E-state index in [-0.39, 0.29) is 17.6 Å². The van der Waals surface area contributed by atoms with Crippen LogP contribution in [0.15, 0.2) is 46.9 Å². The molecule has 26 heavy (non-hydrogen) atoms. The normalized spacial score (nSPS) is 10.4. The fourth-order valence-corrected chi connectivity index (χ4v) is 2.09. The largest absolute Gasteiger partial charge is 0.494 e. The molecule has 3 aromatic rings. The number of nitrogens with zero attached hydrogens (tertiary/aromatic N) is 2. The fourth-order valence-electron chi connectivity index (χ4n) is 2.09. The number of rotatable bonds is 5. The highest BCUT2D eigenvalue weighted by Crippen LogP contribution is 2.23. The maximum atomic E-state index is 13.5. The molecule has 0 saturated carbocycles. The summed E-state index contributed by atoms with van der Waals surface area (Å²) < 4.78 is 37.1. The van der Waals surface area contributed by atoms with Gasteiger partial charge in [-0.05, 0) is 43.3 Å². The van der Waals surface area contributed by atoms with E-state index in [0.717, 1.165) is 12.1 Å². The molecule has 9 heteroatoms. The molecule has 3 rings (SSSR count). The van der Waals surface area contributed by atoms with Crippen molar-refractivity contribution in [2.45, 2.75) is 6.92 Å². The Bertz CT molecular complexity index is 913. The second kappa shape index (κ2) is 7.60. The van der Waals surface area contributed by atoms with Crippen LogP contribution in [0.25, 0.3) is 11.5 Å². The molecule has 0 aliphatic heterocycles. The number of anilines is 2. The van der Waals surface area contributed by atoms with Crippen LogP contribution < -0.4 is 15.4 Å². The Balaban J connectivity index is 1.65. The first kappa shape index (κ1) is 17.3. The van der Waals surface area contributed by atoms with Gasteiger partial charge in [-0.1, -0.05) is 5.10 Å². The van der Waals surface area contributed by atoms with Crippen molar-refractivity contribution < 1.29 is 22.7 Å². The van der Waals surface area contributed by atoms with Crippen LogP contribution in [-0.4, -0.2) is 22.8 Å². The van der Waals surface area contributed by atoms with E-state index < -0.39 is 17.7 Å². The summed E-state index contributed by atoms with van der Waals surface area (Å²) >= 11 is 0. The average Bonchev–Trinajstić information content (AvgIpc) is 3.07. The molecule has 0 atom stereocenters. The van der Waals surface area contributed by atoms with Crippen LogP contribution in [-0.2, 0) is 0 Å². The van der Waals surface area contributed by atoms with Crippen molar-refractivity contribution in [2.24, 2.45) is 0 Å². The number of carbonyl (C=O) groups is 1. The number of hydrogen-bond acceptors (Lipinski definition) is 5. The Morgan fingerprint density at radius 1 is 1.12 bits per heavy atom. The summed E-state index contributed by atoms with van der Waals surface area (Å²) in [6.45, 7) is 2.43. The number of halogens is 2. The van der Waals surface area contributed by atoms with Crippen molar-refractivity contribution >= 4 is 17.7 Å². The Morgan fingerprint density at radius 2 is 1.88 bits per heavy atom. The minimum Gasteiger partial charge on any atom is -0.494 e. The monoisotopic (exact) mass is 360 g/mol. The third-order valence-electron chi connectivity index (χ3n) is 3.24. The van der Waals surface area contributed by atoms with Gasteiger partial charge in [0.15, 0.2) is 0 Å². The number of nitrogens with one attached hydrogen (secondary N) is 2. The quantitative estimate of drug-likeness (QED) is 0.716. The molecule has 1 aromatic heterocycles. The van der Waals surface area contributed by atoms with Gasteiger partial charge in [0.25, 0.3) is 0 Å². The number of ether oxygens (including phenoxy) is 1. The first-order chi connectivity index (χ1) is 12.5. The van der Waals surface area contributed by atoms with Gasteiger partial charge < -0.3 is 14.5 Å². The lowest BCUT2D eigenvalue weighted by atomic mass is 10.2. The molecule has 0 aliphatic carbocycles. The summed E-state index contributed by atoms with van der Waals surface area (Å²) in [4.78, 5) is 11.9. The van der Waals surface area contributed by atoms with E-state index in [0.29, 0.717) is 24.0 Å². The highest BCUT2D eigenvalue weighted by Gasteiger charge is 2.13. The third kappa shape index (κ3) is 4.12. The summed E-state index contributed by atoms with van der Waals surface area (Å²) in [5.74, 6) is -0.753. The van der Waals surface area contributed by atoms with Gasteiger partial charge in [-0.15, -0.1) is 5.10 Å². The zero-order valence-corrected chi connectivity index (χ0v) is 13.6. The summed E-state index contributed by atoms with van der Waals surface area (Å²) in [5, 5.41) is 12.0. The fraction of sp³-hybridized carbons (Fsp3) is 0.118.